The van der Waals surface area contributed by atoms with E-state index in [1.165, 1.54) is 0 Å². The third-order valence-electron chi connectivity index (χ3n) is 5.83. The van der Waals surface area contributed by atoms with Crippen LogP contribution in [0.2, 0.25) is 0 Å². The summed E-state index contributed by atoms with van der Waals surface area (Å²) in [7, 11) is 2.13. The van der Waals surface area contributed by atoms with Crippen LogP contribution in [0.4, 0.5) is 5.82 Å². The van der Waals surface area contributed by atoms with Gasteiger partial charge in [-0.25, -0.2) is 4.98 Å². The lowest BCUT2D eigenvalue weighted by molar-refractivity contribution is 0.143. The van der Waals surface area contributed by atoms with Gasteiger partial charge in [-0.2, -0.15) is 5.10 Å². The lowest BCUT2D eigenvalue weighted by Gasteiger charge is -2.29. The van der Waals surface area contributed by atoms with Gasteiger partial charge in [-0.3, -0.25) is 4.68 Å². The minimum Gasteiger partial charge on any atom is -0.485 e. The second kappa shape index (κ2) is 9.88. The minimum atomic E-state index is -2.19. The van der Waals surface area contributed by atoms with Gasteiger partial charge >= 0.3 is 0 Å². The number of likely N-dealkylation sites (tertiary alicyclic amines) is 1. The number of ether oxygens (including phenoxy) is 1. The van der Waals surface area contributed by atoms with Crippen LogP contribution >= 0.6 is 0 Å². The Morgan fingerprint density at radius 2 is 2.06 bits per heavy atom. The van der Waals surface area contributed by atoms with Crippen molar-refractivity contribution < 1.29 is 12.6 Å². The van der Waals surface area contributed by atoms with Crippen LogP contribution in [0, 0.1) is 18.8 Å². The van der Waals surface area contributed by atoms with E-state index >= 15 is 0 Å². The van der Waals surface area contributed by atoms with E-state index in [4.69, 9.17) is 18.3 Å². The van der Waals surface area contributed by atoms with Crippen LogP contribution in [0.1, 0.15) is 52.3 Å². The molecule has 7 nitrogen and oxygen atoms in total. The number of aryl methyl sites for hydroxylation is 1. The fourth-order valence-corrected chi connectivity index (χ4v) is 3.90. The van der Waals surface area contributed by atoms with Crippen molar-refractivity contribution in [3.05, 3.63) is 59.5 Å². The van der Waals surface area contributed by atoms with Crippen molar-refractivity contribution in [3.8, 4) is 28.7 Å². The van der Waals surface area contributed by atoms with Crippen molar-refractivity contribution in [2.45, 2.75) is 51.8 Å². The first-order chi connectivity index (χ1) is 16.9. The number of hydrogen-bond acceptors (Lipinski definition) is 6. The van der Waals surface area contributed by atoms with Gasteiger partial charge in [0.05, 0.1) is 14.5 Å². The first-order valence-electron chi connectivity index (χ1n) is 12.5. The zero-order valence-electron chi connectivity index (χ0n) is 22.2. The zero-order valence-corrected chi connectivity index (χ0v) is 20.2. The molecule has 3 heterocycles. The van der Waals surface area contributed by atoms with Crippen LogP contribution in [0.25, 0.3) is 11.1 Å². The van der Waals surface area contributed by atoms with Gasteiger partial charge in [0, 0.05) is 29.1 Å². The van der Waals surface area contributed by atoms with Crippen molar-refractivity contribution in [2.24, 2.45) is 0 Å². The third-order valence-corrected chi connectivity index (χ3v) is 5.83. The summed E-state index contributed by atoms with van der Waals surface area (Å²) in [6, 6.07) is 8.73. The second-order valence-corrected chi connectivity index (χ2v) is 9.34. The average molecular weight is 462 g/mol. The van der Waals surface area contributed by atoms with Gasteiger partial charge < -0.3 is 20.5 Å². The molecular weight excluding hydrogens is 426 g/mol. The number of nitrogens with zero attached hydrogens (tertiary/aromatic N) is 4. The Morgan fingerprint density at radius 3 is 2.79 bits per heavy atom. The lowest BCUT2D eigenvalue weighted by Crippen LogP contribution is -2.31. The molecule has 2 aromatic heterocycles. The molecule has 0 radical (unpaired) electrons. The van der Waals surface area contributed by atoms with Crippen LogP contribution in [-0.2, 0) is 6.56 Å². The van der Waals surface area contributed by atoms with Gasteiger partial charge in [-0.05, 0) is 77.5 Å². The summed E-state index contributed by atoms with van der Waals surface area (Å²) < 4.78 is 24.9. The number of anilines is 1. The van der Waals surface area contributed by atoms with Gasteiger partial charge in [0.2, 0.25) is 0 Å². The Balaban J connectivity index is 1.59. The topological polar surface area (TPSA) is 89.4 Å². The number of benzene rings is 1. The summed E-state index contributed by atoms with van der Waals surface area (Å²) in [5, 5.41) is 14.6. The highest BCUT2D eigenvalue weighted by molar-refractivity contribution is 5.68. The molecule has 0 saturated carbocycles. The number of rotatable bonds is 5. The molecule has 4 rings (SSSR count). The normalized spacial score (nSPS) is 16.4. The highest BCUT2D eigenvalue weighted by atomic mass is 16.5. The smallest absolute Gasteiger partial charge is 0.166 e. The monoisotopic (exact) mass is 461 g/mol. The summed E-state index contributed by atoms with van der Waals surface area (Å²) in [4.78, 5) is 6.60. The molecule has 3 aromatic rings. The van der Waals surface area contributed by atoms with Crippen molar-refractivity contribution in [1.29, 1.82) is 0 Å². The standard InChI is InChI=1S/C27H33N5O2/c1-19-24(17-32(30-19)23-9-12-31(4)13-10-23)22-15-25(26(28)29-16-22)34-18-21-7-5-6-20(14-21)8-11-27(2,3)33/h5-7,14-17,23,33H,9-10,12-13,18H2,1-4H3,(H2,28,29)/i18D2. The first kappa shape index (κ1) is 21.2. The fourth-order valence-electron chi connectivity index (χ4n) is 3.90. The highest BCUT2D eigenvalue weighted by Crippen LogP contribution is 2.31. The van der Waals surface area contributed by atoms with Gasteiger partial charge in [-0.15, -0.1) is 0 Å². The first-order valence-corrected chi connectivity index (χ1v) is 11.5. The number of aliphatic hydroxyl groups is 1. The fraction of sp³-hybridized carbons (Fsp3) is 0.407. The maximum Gasteiger partial charge on any atom is 0.166 e. The predicted octanol–water partition coefficient (Wildman–Crippen LogP) is 3.80. The molecule has 0 aliphatic carbocycles. The molecule has 34 heavy (non-hydrogen) atoms. The maximum absolute atomic E-state index is 9.86. The Kier molecular flexibility index (Phi) is 6.16. The van der Waals surface area contributed by atoms with Gasteiger partial charge in [0.1, 0.15) is 12.2 Å². The molecule has 1 aliphatic rings. The molecule has 178 valence electrons. The summed E-state index contributed by atoms with van der Waals surface area (Å²) in [5.41, 5.74) is 8.31. The molecular formula is C27H33N5O2. The van der Waals surface area contributed by atoms with Crippen molar-refractivity contribution in [2.75, 3.05) is 25.9 Å². The minimum absolute atomic E-state index is 0.0981. The Bertz CT molecular complexity index is 1300. The van der Waals surface area contributed by atoms with Crippen LogP contribution in [0.3, 0.4) is 0 Å². The van der Waals surface area contributed by atoms with E-state index in [1.807, 2.05) is 17.8 Å². The van der Waals surface area contributed by atoms with E-state index in [9.17, 15) is 5.11 Å². The molecule has 1 aliphatic heterocycles. The van der Waals surface area contributed by atoms with Crippen LogP contribution < -0.4 is 10.5 Å². The molecule has 3 N–H and O–H groups in total. The molecule has 1 fully saturated rings. The number of hydrogen-bond donors (Lipinski definition) is 2. The number of nitrogen functional groups attached to an aromatic ring is 1. The van der Waals surface area contributed by atoms with E-state index in [1.54, 1.807) is 50.4 Å². The van der Waals surface area contributed by atoms with Crippen molar-refractivity contribution >= 4 is 5.82 Å². The van der Waals surface area contributed by atoms with Gasteiger partial charge in [0.25, 0.3) is 0 Å². The van der Waals surface area contributed by atoms with E-state index in [2.05, 4.69) is 28.8 Å². The van der Waals surface area contributed by atoms with E-state index in [0.717, 1.165) is 42.8 Å². The van der Waals surface area contributed by atoms with Crippen LogP contribution in [0.15, 0.2) is 42.7 Å². The van der Waals surface area contributed by atoms with Crippen molar-refractivity contribution in [1.82, 2.24) is 19.7 Å². The molecule has 1 saturated heterocycles. The third kappa shape index (κ3) is 5.96. The largest absolute Gasteiger partial charge is 0.485 e. The van der Waals surface area contributed by atoms with E-state index in [0.29, 0.717) is 11.6 Å². The average Bonchev–Trinajstić information content (AvgIpc) is 3.21. The summed E-state index contributed by atoms with van der Waals surface area (Å²) in [6.45, 7) is 5.04. The predicted molar refractivity (Wildman–Crippen MR) is 134 cm³/mol. The van der Waals surface area contributed by atoms with E-state index < -0.39 is 12.2 Å². The molecule has 0 atom stereocenters. The Labute approximate surface area is 204 Å². The number of nitrogens with two attached hydrogens (primary N) is 1. The quantitative estimate of drug-likeness (QED) is 0.562. The highest BCUT2D eigenvalue weighted by Gasteiger charge is 2.21. The Morgan fingerprint density at radius 1 is 1.29 bits per heavy atom. The Hall–Kier alpha value is -3.34. The SMILES string of the molecule is [2H]C([2H])(Oc1cc(-c2cn(C3CCN(C)CC3)nc2C)cnc1N)c1cccc(C#CC(C)(C)O)c1. The number of piperidine rings is 1. The van der Waals surface area contributed by atoms with Gasteiger partial charge in [-0.1, -0.05) is 24.0 Å². The lowest BCUT2D eigenvalue weighted by atomic mass is 10.1. The summed E-state index contributed by atoms with van der Waals surface area (Å²) >= 11 is 0. The zero-order chi connectivity index (χ0) is 26.1. The summed E-state index contributed by atoms with van der Waals surface area (Å²) in [6.07, 6.45) is 5.78. The molecule has 7 heteroatoms. The maximum atomic E-state index is 9.86. The second-order valence-electron chi connectivity index (χ2n) is 9.34. The molecule has 0 unspecified atom stereocenters. The van der Waals surface area contributed by atoms with Crippen LogP contribution in [-0.4, -0.2) is 50.5 Å². The van der Waals surface area contributed by atoms with Gasteiger partial charge in [0.15, 0.2) is 11.6 Å². The number of pyridine rings is 1. The van der Waals surface area contributed by atoms with Crippen molar-refractivity contribution in [3.63, 3.8) is 0 Å². The number of aromatic nitrogens is 3. The molecule has 0 spiro atoms. The van der Waals surface area contributed by atoms with E-state index in [-0.39, 0.29) is 17.1 Å². The molecule has 1 aromatic carbocycles. The summed E-state index contributed by atoms with van der Waals surface area (Å²) in [5.74, 6) is 5.85. The van der Waals surface area contributed by atoms with Crippen LogP contribution in [0.5, 0.6) is 5.75 Å². The molecule has 0 amide bonds. The molecule has 0 bridgehead atoms.